The van der Waals surface area contributed by atoms with Gasteiger partial charge in [-0.3, -0.25) is 4.79 Å². The first-order valence-corrected chi connectivity index (χ1v) is 8.54. The molecule has 1 N–H and O–H groups in total. The van der Waals surface area contributed by atoms with Gasteiger partial charge in [0.2, 0.25) is 0 Å². The van der Waals surface area contributed by atoms with E-state index < -0.39 is 11.6 Å². The van der Waals surface area contributed by atoms with E-state index >= 15 is 0 Å². The molecule has 120 valence electrons. The standard InChI is InChI=1S/C19H19F2NO/c20-13-4-14-15(9-23)18(22-17(14)16(21)5-13)19-6-10-1-11(7-19)3-12(2-10)8-19/h4-5,9-12,22H,1-3,6-8H2. The van der Waals surface area contributed by atoms with Crippen LogP contribution in [-0.2, 0) is 5.41 Å². The molecule has 4 heteroatoms. The molecule has 4 fully saturated rings. The zero-order valence-corrected chi connectivity index (χ0v) is 12.9. The minimum absolute atomic E-state index is 0.0348. The first-order valence-electron chi connectivity index (χ1n) is 8.54. The molecule has 1 aromatic heterocycles. The van der Waals surface area contributed by atoms with E-state index in [2.05, 4.69) is 4.98 Å². The van der Waals surface area contributed by atoms with Gasteiger partial charge in [0, 0.05) is 28.1 Å². The molecule has 2 nitrogen and oxygen atoms in total. The van der Waals surface area contributed by atoms with E-state index in [-0.39, 0.29) is 10.9 Å². The Kier molecular flexibility index (Phi) is 2.64. The Balaban J connectivity index is 1.74. The number of hydrogen-bond donors (Lipinski definition) is 1. The number of rotatable bonds is 2. The lowest BCUT2D eigenvalue weighted by atomic mass is 9.48. The van der Waals surface area contributed by atoms with Crippen LogP contribution < -0.4 is 0 Å². The molecule has 0 atom stereocenters. The van der Waals surface area contributed by atoms with Crippen LogP contribution in [0.1, 0.15) is 54.6 Å². The van der Waals surface area contributed by atoms with Crippen LogP contribution in [0.25, 0.3) is 10.9 Å². The molecular formula is C19H19F2NO. The van der Waals surface area contributed by atoms with Gasteiger partial charge in [0.1, 0.15) is 11.6 Å². The van der Waals surface area contributed by atoms with Gasteiger partial charge in [-0.1, -0.05) is 0 Å². The largest absolute Gasteiger partial charge is 0.355 e. The van der Waals surface area contributed by atoms with Crippen molar-refractivity contribution in [3.05, 3.63) is 35.0 Å². The van der Waals surface area contributed by atoms with Crippen LogP contribution in [0.2, 0.25) is 0 Å². The molecule has 0 aliphatic heterocycles. The summed E-state index contributed by atoms with van der Waals surface area (Å²) in [5.41, 5.74) is 1.58. The predicted molar refractivity (Wildman–Crippen MR) is 83.5 cm³/mol. The third-order valence-electron chi connectivity index (χ3n) is 6.55. The molecule has 4 aliphatic rings. The maximum atomic E-state index is 14.2. The number of aromatic nitrogens is 1. The quantitative estimate of drug-likeness (QED) is 0.799. The fraction of sp³-hybridized carbons (Fsp3) is 0.526. The summed E-state index contributed by atoms with van der Waals surface area (Å²) in [4.78, 5) is 14.9. The number of H-pyrrole nitrogens is 1. The lowest BCUT2D eigenvalue weighted by Crippen LogP contribution is -2.49. The summed E-state index contributed by atoms with van der Waals surface area (Å²) in [5.74, 6) is 0.949. The molecule has 0 saturated heterocycles. The van der Waals surface area contributed by atoms with Crippen LogP contribution in [0, 0.1) is 29.4 Å². The fourth-order valence-electron chi connectivity index (χ4n) is 6.20. The van der Waals surface area contributed by atoms with Gasteiger partial charge in [-0.15, -0.1) is 0 Å². The van der Waals surface area contributed by atoms with Gasteiger partial charge >= 0.3 is 0 Å². The SMILES string of the molecule is O=Cc1c(C23CC4CC(CC(C4)C2)C3)[nH]c2c(F)cc(F)cc12. The number of halogens is 2. The van der Waals surface area contributed by atoms with E-state index in [4.69, 9.17) is 0 Å². The van der Waals surface area contributed by atoms with E-state index in [1.165, 1.54) is 25.3 Å². The number of fused-ring (bicyclic) bond motifs is 1. The molecule has 4 bridgehead atoms. The summed E-state index contributed by atoms with van der Waals surface area (Å²) in [5, 5.41) is 0.392. The fourth-order valence-corrected chi connectivity index (χ4v) is 6.20. The lowest BCUT2D eigenvalue weighted by Gasteiger charge is -2.56. The van der Waals surface area contributed by atoms with Crippen LogP contribution in [0.5, 0.6) is 0 Å². The monoisotopic (exact) mass is 315 g/mol. The van der Waals surface area contributed by atoms with Crippen molar-refractivity contribution in [2.75, 3.05) is 0 Å². The Hall–Kier alpha value is -1.71. The second-order valence-electron chi connectivity index (χ2n) is 8.04. The van der Waals surface area contributed by atoms with Crippen LogP contribution >= 0.6 is 0 Å². The molecule has 2 aromatic rings. The van der Waals surface area contributed by atoms with E-state index in [9.17, 15) is 13.6 Å². The van der Waals surface area contributed by atoms with Crippen molar-refractivity contribution in [3.8, 4) is 0 Å². The Morgan fingerprint density at radius 2 is 1.65 bits per heavy atom. The summed E-state index contributed by atoms with van der Waals surface area (Å²) in [7, 11) is 0. The van der Waals surface area contributed by atoms with Crippen molar-refractivity contribution in [2.24, 2.45) is 17.8 Å². The molecule has 0 radical (unpaired) electrons. The summed E-state index contributed by atoms with van der Waals surface area (Å²) < 4.78 is 27.8. The van der Waals surface area contributed by atoms with Gasteiger partial charge in [-0.2, -0.15) is 0 Å². The Labute approximate surface area is 133 Å². The van der Waals surface area contributed by atoms with E-state index in [1.807, 2.05) is 0 Å². The molecule has 6 rings (SSSR count). The summed E-state index contributed by atoms with van der Waals surface area (Å²) >= 11 is 0. The van der Waals surface area contributed by atoms with Crippen molar-refractivity contribution in [1.29, 1.82) is 0 Å². The maximum absolute atomic E-state index is 14.2. The lowest BCUT2D eigenvalue weighted by molar-refractivity contribution is -0.00711. The zero-order valence-electron chi connectivity index (χ0n) is 12.9. The van der Waals surface area contributed by atoms with E-state index in [0.717, 1.165) is 55.1 Å². The highest BCUT2D eigenvalue weighted by atomic mass is 19.1. The Bertz CT molecular complexity index is 787. The van der Waals surface area contributed by atoms with Crippen molar-refractivity contribution in [1.82, 2.24) is 4.98 Å². The number of carbonyl (C=O) groups is 1. The number of aromatic amines is 1. The number of hydrogen-bond acceptors (Lipinski definition) is 1. The highest BCUT2D eigenvalue weighted by Crippen LogP contribution is 2.61. The normalized spacial score (nSPS) is 35.1. The van der Waals surface area contributed by atoms with Crippen LogP contribution in [0.3, 0.4) is 0 Å². The van der Waals surface area contributed by atoms with Gasteiger partial charge in [-0.25, -0.2) is 8.78 Å². The molecule has 0 spiro atoms. The molecule has 0 amide bonds. The summed E-state index contributed by atoms with van der Waals surface area (Å²) in [6.07, 6.45) is 7.94. The van der Waals surface area contributed by atoms with Crippen molar-refractivity contribution < 1.29 is 13.6 Å². The first-order chi connectivity index (χ1) is 11.1. The van der Waals surface area contributed by atoms with Gasteiger partial charge in [-0.05, 0) is 62.3 Å². The van der Waals surface area contributed by atoms with Crippen LogP contribution in [-0.4, -0.2) is 11.3 Å². The minimum atomic E-state index is -0.630. The van der Waals surface area contributed by atoms with Gasteiger partial charge in [0.05, 0.1) is 5.52 Å². The highest BCUT2D eigenvalue weighted by Gasteiger charge is 2.53. The second-order valence-corrected chi connectivity index (χ2v) is 8.04. The molecule has 23 heavy (non-hydrogen) atoms. The average Bonchev–Trinajstić information content (AvgIpc) is 2.85. The number of nitrogens with one attached hydrogen (secondary N) is 1. The smallest absolute Gasteiger partial charge is 0.152 e. The third-order valence-corrected chi connectivity index (χ3v) is 6.55. The van der Waals surface area contributed by atoms with Gasteiger partial charge in [0.25, 0.3) is 0 Å². The van der Waals surface area contributed by atoms with Crippen molar-refractivity contribution in [3.63, 3.8) is 0 Å². The van der Waals surface area contributed by atoms with Gasteiger partial charge in [0.15, 0.2) is 6.29 Å². The van der Waals surface area contributed by atoms with E-state index in [1.54, 1.807) is 0 Å². The van der Waals surface area contributed by atoms with Crippen LogP contribution in [0.4, 0.5) is 8.78 Å². The zero-order chi connectivity index (χ0) is 15.8. The molecule has 1 heterocycles. The van der Waals surface area contributed by atoms with Crippen molar-refractivity contribution >= 4 is 17.2 Å². The molecular weight excluding hydrogens is 296 g/mol. The molecule has 0 unspecified atom stereocenters. The second kappa shape index (κ2) is 4.43. The molecule has 4 aliphatic carbocycles. The predicted octanol–water partition coefficient (Wildman–Crippen LogP) is 4.73. The topological polar surface area (TPSA) is 32.9 Å². The Morgan fingerprint density at radius 3 is 2.22 bits per heavy atom. The minimum Gasteiger partial charge on any atom is -0.355 e. The third kappa shape index (κ3) is 1.81. The average molecular weight is 315 g/mol. The Morgan fingerprint density at radius 1 is 1.04 bits per heavy atom. The first kappa shape index (κ1) is 13.7. The van der Waals surface area contributed by atoms with E-state index in [0.29, 0.717) is 10.9 Å². The summed E-state index contributed by atoms with van der Waals surface area (Å²) in [6.45, 7) is 0. The highest BCUT2D eigenvalue weighted by molar-refractivity contribution is 5.99. The number of aldehydes is 1. The maximum Gasteiger partial charge on any atom is 0.152 e. The molecule has 4 saturated carbocycles. The van der Waals surface area contributed by atoms with Gasteiger partial charge < -0.3 is 4.98 Å². The van der Waals surface area contributed by atoms with Crippen LogP contribution in [0.15, 0.2) is 12.1 Å². The molecule has 1 aromatic carbocycles. The number of carbonyl (C=O) groups excluding carboxylic acids is 1. The van der Waals surface area contributed by atoms with Crippen molar-refractivity contribution in [2.45, 2.75) is 43.9 Å². The number of benzene rings is 1. The summed E-state index contributed by atoms with van der Waals surface area (Å²) in [6, 6.07) is 2.17.